The van der Waals surface area contributed by atoms with Crippen molar-refractivity contribution in [2.45, 2.75) is 21.3 Å². The number of hydrogen-bond acceptors (Lipinski definition) is 0. The van der Waals surface area contributed by atoms with Crippen LogP contribution in [0.2, 0.25) is 0 Å². The average molecular weight is 125 g/mol. The van der Waals surface area contributed by atoms with Crippen LogP contribution in [0.25, 0.3) is 0 Å². The summed E-state index contributed by atoms with van der Waals surface area (Å²) < 4.78 is 2.17. The van der Waals surface area contributed by atoms with Gasteiger partial charge in [-0.1, -0.05) is 7.43 Å². The van der Waals surface area contributed by atoms with E-state index >= 15 is 0 Å². The van der Waals surface area contributed by atoms with Crippen molar-refractivity contribution in [3.05, 3.63) is 23.5 Å². The molecule has 1 nitrogen and oxygen atoms in total. The number of aromatic nitrogens is 1. The SMILES string of the molecule is C.Cc1ccc(C)n1C. The monoisotopic (exact) mass is 125 g/mol. The maximum atomic E-state index is 2.17. The molecule has 1 heterocycles. The molecule has 0 radical (unpaired) electrons. The maximum Gasteiger partial charge on any atom is 0.0143 e. The molecule has 0 fully saturated rings. The second kappa shape index (κ2) is 2.72. The van der Waals surface area contributed by atoms with Gasteiger partial charge in [0.2, 0.25) is 0 Å². The summed E-state index contributed by atoms with van der Waals surface area (Å²) in [7, 11) is 2.07. The van der Waals surface area contributed by atoms with Gasteiger partial charge >= 0.3 is 0 Å². The first-order valence-electron chi connectivity index (χ1n) is 2.81. The van der Waals surface area contributed by atoms with Crippen molar-refractivity contribution in [2.75, 3.05) is 0 Å². The Hall–Kier alpha value is -0.720. The fourth-order valence-corrected chi connectivity index (χ4v) is 0.743. The molecule has 1 aromatic heterocycles. The van der Waals surface area contributed by atoms with Gasteiger partial charge in [0.15, 0.2) is 0 Å². The Morgan fingerprint density at radius 1 is 1.11 bits per heavy atom. The van der Waals surface area contributed by atoms with Gasteiger partial charge in [-0.05, 0) is 26.0 Å². The van der Waals surface area contributed by atoms with Gasteiger partial charge in [0.25, 0.3) is 0 Å². The van der Waals surface area contributed by atoms with Crippen LogP contribution in [0.15, 0.2) is 12.1 Å². The molecule has 0 aromatic carbocycles. The summed E-state index contributed by atoms with van der Waals surface area (Å²) in [6.45, 7) is 4.21. The molecule has 9 heavy (non-hydrogen) atoms. The maximum absolute atomic E-state index is 2.17. The number of hydrogen-bond donors (Lipinski definition) is 0. The molecule has 0 aliphatic rings. The van der Waals surface area contributed by atoms with Crippen LogP contribution in [0.1, 0.15) is 18.8 Å². The summed E-state index contributed by atoms with van der Waals surface area (Å²) in [5.41, 5.74) is 2.64. The van der Waals surface area contributed by atoms with Crippen molar-refractivity contribution in [1.29, 1.82) is 0 Å². The normalized spacial score (nSPS) is 8.78. The van der Waals surface area contributed by atoms with Crippen LogP contribution in [0.3, 0.4) is 0 Å². The fraction of sp³-hybridized carbons (Fsp3) is 0.500. The second-order valence-electron chi connectivity index (χ2n) is 2.18. The summed E-state index contributed by atoms with van der Waals surface area (Å²) in [4.78, 5) is 0. The van der Waals surface area contributed by atoms with Crippen molar-refractivity contribution < 1.29 is 0 Å². The van der Waals surface area contributed by atoms with E-state index in [1.165, 1.54) is 11.4 Å². The van der Waals surface area contributed by atoms with E-state index in [0.29, 0.717) is 0 Å². The Labute approximate surface area is 57.3 Å². The summed E-state index contributed by atoms with van der Waals surface area (Å²) in [6.07, 6.45) is 0. The molecule has 0 unspecified atom stereocenters. The van der Waals surface area contributed by atoms with E-state index in [-0.39, 0.29) is 7.43 Å². The third-order valence-corrected chi connectivity index (χ3v) is 1.62. The van der Waals surface area contributed by atoms with E-state index in [1.807, 2.05) is 0 Å². The highest BCUT2D eigenvalue weighted by atomic mass is 14.9. The lowest BCUT2D eigenvalue weighted by atomic mass is 10.5. The Balaban J connectivity index is 0.000000640. The van der Waals surface area contributed by atoms with Gasteiger partial charge in [-0.2, -0.15) is 0 Å². The Morgan fingerprint density at radius 2 is 1.44 bits per heavy atom. The van der Waals surface area contributed by atoms with Crippen molar-refractivity contribution in [3.8, 4) is 0 Å². The molecule has 0 atom stereocenters. The zero-order valence-corrected chi connectivity index (χ0v) is 5.60. The first-order chi connectivity index (χ1) is 3.72. The van der Waals surface area contributed by atoms with E-state index in [2.05, 4.69) is 37.6 Å². The molecule has 0 aliphatic heterocycles. The molecule has 0 spiro atoms. The Kier molecular flexibility index (Phi) is 2.50. The van der Waals surface area contributed by atoms with Crippen LogP contribution < -0.4 is 0 Å². The van der Waals surface area contributed by atoms with Crippen LogP contribution in [0.5, 0.6) is 0 Å². The van der Waals surface area contributed by atoms with Crippen molar-refractivity contribution in [2.24, 2.45) is 7.05 Å². The molecule has 0 saturated carbocycles. The van der Waals surface area contributed by atoms with Crippen molar-refractivity contribution in [3.63, 3.8) is 0 Å². The molecule has 1 aromatic rings. The molecule has 0 N–H and O–H groups in total. The lowest BCUT2D eigenvalue weighted by Gasteiger charge is -1.96. The standard InChI is InChI=1S/C7H11N.CH4/c1-6-4-5-7(2)8(6)3;/h4-5H,1-3H3;1H4. The van der Waals surface area contributed by atoms with E-state index in [1.54, 1.807) is 0 Å². The van der Waals surface area contributed by atoms with Gasteiger partial charge in [0.05, 0.1) is 0 Å². The molecule has 1 rings (SSSR count). The van der Waals surface area contributed by atoms with Gasteiger partial charge in [-0.25, -0.2) is 0 Å². The van der Waals surface area contributed by atoms with Gasteiger partial charge in [0, 0.05) is 18.4 Å². The quantitative estimate of drug-likeness (QED) is 0.501. The predicted octanol–water partition coefficient (Wildman–Crippen LogP) is 2.28. The van der Waals surface area contributed by atoms with Gasteiger partial charge in [0.1, 0.15) is 0 Å². The summed E-state index contributed by atoms with van der Waals surface area (Å²) in [5, 5.41) is 0. The summed E-state index contributed by atoms with van der Waals surface area (Å²) in [5.74, 6) is 0. The average Bonchev–Trinajstić information content (AvgIpc) is 1.98. The molecule has 52 valence electrons. The highest BCUT2D eigenvalue weighted by Gasteiger charge is 1.90. The largest absolute Gasteiger partial charge is 0.352 e. The van der Waals surface area contributed by atoms with Crippen LogP contribution in [-0.4, -0.2) is 4.57 Å². The molecule has 0 bridgehead atoms. The number of rotatable bonds is 0. The summed E-state index contributed by atoms with van der Waals surface area (Å²) in [6, 6.07) is 4.24. The molecular formula is C8H15N. The van der Waals surface area contributed by atoms with Crippen molar-refractivity contribution in [1.82, 2.24) is 4.57 Å². The van der Waals surface area contributed by atoms with Crippen LogP contribution >= 0.6 is 0 Å². The fourth-order valence-electron chi connectivity index (χ4n) is 0.743. The minimum atomic E-state index is 0. The van der Waals surface area contributed by atoms with E-state index in [4.69, 9.17) is 0 Å². The smallest absolute Gasteiger partial charge is 0.0143 e. The topological polar surface area (TPSA) is 4.93 Å². The lowest BCUT2D eigenvalue weighted by molar-refractivity contribution is 0.844. The Bertz CT molecular complexity index is 167. The van der Waals surface area contributed by atoms with Crippen molar-refractivity contribution >= 4 is 0 Å². The van der Waals surface area contributed by atoms with Crippen LogP contribution in [0, 0.1) is 13.8 Å². The highest BCUT2D eigenvalue weighted by molar-refractivity contribution is 5.12. The second-order valence-corrected chi connectivity index (χ2v) is 2.18. The molecule has 0 amide bonds. The van der Waals surface area contributed by atoms with Crippen LogP contribution in [0.4, 0.5) is 0 Å². The van der Waals surface area contributed by atoms with Gasteiger partial charge in [-0.15, -0.1) is 0 Å². The first-order valence-corrected chi connectivity index (χ1v) is 2.81. The van der Waals surface area contributed by atoms with E-state index < -0.39 is 0 Å². The van der Waals surface area contributed by atoms with Gasteiger partial charge < -0.3 is 4.57 Å². The Morgan fingerprint density at radius 3 is 1.56 bits per heavy atom. The predicted molar refractivity (Wildman–Crippen MR) is 41.6 cm³/mol. The molecule has 0 aliphatic carbocycles. The zero-order valence-electron chi connectivity index (χ0n) is 5.60. The van der Waals surface area contributed by atoms with Gasteiger partial charge in [-0.3, -0.25) is 0 Å². The van der Waals surface area contributed by atoms with E-state index in [9.17, 15) is 0 Å². The lowest BCUT2D eigenvalue weighted by Crippen LogP contribution is -1.91. The third-order valence-electron chi connectivity index (χ3n) is 1.62. The number of aryl methyl sites for hydroxylation is 2. The molecule has 0 saturated heterocycles. The minimum absolute atomic E-state index is 0. The summed E-state index contributed by atoms with van der Waals surface area (Å²) >= 11 is 0. The zero-order chi connectivity index (χ0) is 6.15. The minimum Gasteiger partial charge on any atom is -0.352 e. The molecular weight excluding hydrogens is 110 g/mol. The third kappa shape index (κ3) is 1.35. The van der Waals surface area contributed by atoms with Crippen LogP contribution in [-0.2, 0) is 7.05 Å². The number of nitrogens with zero attached hydrogens (tertiary/aromatic N) is 1. The molecule has 1 heteroatoms. The highest BCUT2D eigenvalue weighted by Crippen LogP contribution is 2.02. The first kappa shape index (κ1) is 8.28. The van der Waals surface area contributed by atoms with E-state index in [0.717, 1.165) is 0 Å².